The van der Waals surface area contributed by atoms with Crippen molar-refractivity contribution in [1.82, 2.24) is 10.3 Å². The molecule has 1 aromatic rings. The summed E-state index contributed by atoms with van der Waals surface area (Å²) in [5.74, 6) is 1.63. The summed E-state index contributed by atoms with van der Waals surface area (Å²) in [4.78, 5) is 8.78. The molecular weight excluding hydrogens is 266 g/mol. The van der Waals surface area contributed by atoms with Crippen LogP contribution in [-0.4, -0.2) is 24.6 Å². The van der Waals surface area contributed by atoms with Crippen LogP contribution in [0.15, 0.2) is 0 Å². The van der Waals surface area contributed by atoms with Crippen LogP contribution < -0.4 is 10.2 Å². The quantitative estimate of drug-likeness (QED) is 0.753. The third kappa shape index (κ3) is 4.45. The molecule has 20 heavy (non-hydrogen) atoms. The minimum Gasteiger partial charge on any atom is -0.348 e. The molecule has 1 aromatic heterocycles. The van der Waals surface area contributed by atoms with Crippen molar-refractivity contribution in [1.29, 1.82) is 0 Å². The van der Waals surface area contributed by atoms with E-state index in [-0.39, 0.29) is 0 Å². The number of aryl methyl sites for hydroxylation is 1. The van der Waals surface area contributed by atoms with Gasteiger partial charge in [0, 0.05) is 24.5 Å². The zero-order valence-electron chi connectivity index (χ0n) is 13.4. The molecule has 0 bridgehead atoms. The van der Waals surface area contributed by atoms with E-state index in [0.29, 0.717) is 5.92 Å². The third-order valence-electron chi connectivity index (χ3n) is 3.77. The van der Waals surface area contributed by atoms with Gasteiger partial charge in [0.05, 0.1) is 5.69 Å². The van der Waals surface area contributed by atoms with Gasteiger partial charge in [-0.25, -0.2) is 4.98 Å². The van der Waals surface area contributed by atoms with Gasteiger partial charge in [-0.05, 0) is 44.6 Å². The molecule has 0 saturated heterocycles. The van der Waals surface area contributed by atoms with E-state index in [1.165, 1.54) is 35.1 Å². The highest BCUT2D eigenvalue weighted by Crippen LogP contribution is 2.33. The number of aromatic nitrogens is 1. The Bertz CT molecular complexity index is 410. The van der Waals surface area contributed by atoms with Crippen LogP contribution in [0.1, 0.15) is 51.1 Å². The van der Waals surface area contributed by atoms with Gasteiger partial charge < -0.3 is 10.2 Å². The summed E-state index contributed by atoms with van der Waals surface area (Å²) in [6, 6.07) is 0. The fraction of sp³-hybridized carbons (Fsp3) is 0.812. The maximum Gasteiger partial charge on any atom is 0.185 e. The average molecular weight is 295 g/mol. The molecule has 0 amide bonds. The van der Waals surface area contributed by atoms with Crippen molar-refractivity contribution in [2.75, 3.05) is 24.5 Å². The van der Waals surface area contributed by atoms with Gasteiger partial charge >= 0.3 is 0 Å². The largest absolute Gasteiger partial charge is 0.348 e. The topological polar surface area (TPSA) is 28.2 Å². The first-order valence-electron chi connectivity index (χ1n) is 8.08. The van der Waals surface area contributed by atoms with Gasteiger partial charge in [0.1, 0.15) is 0 Å². The lowest BCUT2D eigenvalue weighted by Crippen LogP contribution is -2.24. The summed E-state index contributed by atoms with van der Waals surface area (Å²) >= 11 is 1.89. The van der Waals surface area contributed by atoms with Crippen LogP contribution in [0.25, 0.3) is 0 Å². The Labute approximate surface area is 127 Å². The second-order valence-corrected chi connectivity index (χ2v) is 7.29. The summed E-state index contributed by atoms with van der Waals surface area (Å²) in [5.41, 5.74) is 1.29. The highest BCUT2D eigenvalue weighted by Gasteiger charge is 2.25. The molecule has 4 heteroatoms. The van der Waals surface area contributed by atoms with E-state index in [1.54, 1.807) is 0 Å². The Balaban J connectivity index is 2.00. The van der Waals surface area contributed by atoms with Gasteiger partial charge in [-0.15, -0.1) is 11.3 Å². The summed E-state index contributed by atoms with van der Waals surface area (Å²) < 4.78 is 0. The molecule has 1 aliphatic carbocycles. The van der Waals surface area contributed by atoms with Gasteiger partial charge in [0.2, 0.25) is 0 Å². The first-order valence-corrected chi connectivity index (χ1v) is 8.89. The summed E-state index contributed by atoms with van der Waals surface area (Å²) in [6.45, 7) is 13.3. The fourth-order valence-corrected chi connectivity index (χ4v) is 3.54. The van der Waals surface area contributed by atoms with Gasteiger partial charge in [-0.3, -0.25) is 0 Å². The SMILES string of the molecule is CCc1nc(N(CC)CC2CC2)sc1CNCC(C)C. The normalized spacial score (nSPS) is 15.1. The van der Waals surface area contributed by atoms with E-state index in [1.807, 2.05) is 11.3 Å². The minimum atomic E-state index is 0.703. The van der Waals surface area contributed by atoms with Crippen LogP contribution in [0, 0.1) is 11.8 Å². The predicted octanol–water partition coefficient (Wildman–Crippen LogP) is 3.69. The van der Waals surface area contributed by atoms with E-state index < -0.39 is 0 Å². The molecule has 1 fully saturated rings. The monoisotopic (exact) mass is 295 g/mol. The summed E-state index contributed by atoms with van der Waals surface area (Å²) in [7, 11) is 0. The molecule has 3 nitrogen and oxygen atoms in total. The predicted molar refractivity (Wildman–Crippen MR) is 88.6 cm³/mol. The molecule has 1 heterocycles. The molecule has 1 N–H and O–H groups in total. The van der Waals surface area contributed by atoms with Crippen molar-refractivity contribution in [3.8, 4) is 0 Å². The van der Waals surface area contributed by atoms with Crippen molar-refractivity contribution in [2.24, 2.45) is 11.8 Å². The number of thiazole rings is 1. The fourth-order valence-electron chi connectivity index (χ4n) is 2.35. The number of anilines is 1. The Morgan fingerprint density at radius 3 is 2.65 bits per heavy atom. The van der Waals surface area contributed by atoms with E-state index in [4.69, 9.17) is 4.98 Å². The zero-order valence-corrected chi connectivity index (χ0v) is 14.2. The van der Waals surface area contributed by atoms with Gasteiger partial charge in [0.15, 0.2) is 5.13 Å². The number of hydrogen-bond donors (Lipinski definition) is 1. The standard InChI is InChI=1S/C16H29N3S/c1-5-14-15(10-17-9-12(3)4)20-16(18-14)19(6-2)11-13-7-8-13/h12-13,17H,5-11H2,1-4H3. The molecule has 0 aromatic carbocycles. The van der Waals surface area contributed by atoms with E-state index in [9.17, 15) is 0 Å². The second kappa shape index (κ2) is 7.41. The average Bonchev–Trinajstić information content (AvgIpc) is 3.15. The first-order chi connectivity index (χ1) is 9.63. The van der Waals surface area contributed by atoms with Gasteiger partial charge in [0.25, 0.3) is 0 Å². The van der Waals surface area contributed by atoms with Crippen molar-refractivity contribution < 1.29 is 0 Å². The van der Waals surface area contributed by atoms with Crippen LogP contribution in [-0.2, 0) is 13.0 Å². The second-order valence-electron chi connectivity index (χ2n) is 6.23. The van der Waals surface area contributed by atoms with Crippen molar-refractivity contribution in [2.45, 2.75) is 53.5 Å². The Kier molecular flexibility index (Phi) is 5.85. The molecule has 0 atom stereocenters. The first kappa shape index (κ1) is 15.8. The number of nitrogens with one attached hydrogen (secondary N) is 1. The van der Waals surface area contributed by atoms with Crippen LogP contribution in [0.4, 0.5) is 5.13 Å². The maximum absolute atomic E-state index is 4.88. The maximum atomic E-state index is 4.88. The number of hydrogen-bond acceptors (Lipinski definition) is 4. The molecule has 0 aliphatic heterocycles. The highest BCUT2D eigenvalue weighted by atomic mass is 32.1. The number of rotatable bonds is 9. The third-order valence-corrected chi connectivity index (χ3v) is 4.93. The number of nitrogens with zero attached hydrogens (tertiary/aromatic N) is 2. The highest BCUT2D eigenvalue weighted by molar-refractivity contribution is 7.15. The lowest BCUT2D eigenvalue weighted by Gasteiger charge is -2.19. The van der Waals surface area contributed by atoms with Crippen molar-refractivity contribution >= 4 is 16.5 Å². The summed E-state index contributed by atoms with van der Waals surface area (Å²) in [6.07, 6.45) is 3.85. The van der Waals surface area contributed by atoms with E-state index >= 15 is 0 Å². The molecule has 1 aliphatic rings. The molecule has 0 spiro atoms. The van der Waals surface area contributed by atoms with Crippen LogP contribution in [0.5, 0.6) is 0 Å². The molecule has 0 radical (unpaired) electrons. The van der Waals surface area contributed by atoms with Crippen LogP contribution in [0.2, 0.25) is 0 Å². The van der Waals surface area contributed by atoms with Crippen LogP contribution >= 0.6 is 11.3 Å². The lowest BCUT2D eigenvalue weighted by atomic mass is 10.2. The zero-order chi connectivity index (χ0) is 14.5. The Morgan fingerprint density at radius 1 is 1.35 bits per heavy atom. The molecule has 2 rings (SSSR count). The lowest BCUT2D eigenvalue weighted by molar-refractivity contribution is 0.553. The minimum absolute atomic E-state index is 0.703. The van der Waals surface area contributed by atoms with Crippen LogP contribution in [0.3, 0.4) is 0 Å². The van der Waals surface area contributed by atoms with E-state index in [2.05, 4.69) is 37.9 Å². The summed E-state index contributed by atoms with van der Waals surface area (Å²) in [5, 5.41) is 4.79. The molecule has 1 saturated carbocycles. The van der Waals surface area contributed by atoms with Crippen molar-refractivity contribution in [3.05, 3.63) is 10.6 Å². The Morgan fingerprint density at radius 2 is 2.10 bits per heavy atom. The molecule has 114 valence electrons. The smallest absolute Gasteiger partial charge is 0.185 e. The van der Waals surface area contributed by atoms with Gasteiger partial charge in [-0.1, -0.05) is 20.8 Å². The molecular formula is C16H29N3S. The Hall–Kier alpha value is -0.610. The van der Waals surface area contributed by atoms with Gasteiger partial charge in [-0.2, -0.15) is 0 Å². The van der Waals surface area contributed by atoms with Crippen molar-refractivity contribution in [3.63, 3.8) is 0 Å². The van der Waals surface area contributed by atoms with E-state index in [0.717, 1.165) is 32.0 Å². The molecule has 0 unspecified atom stereocenters.